The van der Waals surface area contributed by atoms with E-state index >= 15 is 0 Å². The summed E-state index contributed by atoms with van der Waals surface area (Å²) in [7, 11) is 0. The first-order valence-electron chi connectivity index (χ1n) is 6.86. The average molecular weight is 328 g/mol. The van der Waals surface area contributed by atoms with Crippen molar-refractivity contribution in [1.82, 2.24) is 4.37 Å². The molecule has 1 aliphatic rings. The van der Waals surface area contributed by atoms with Gasteiger partial charge in [0.05, 0.1) is 15.3 Å². The number of aromatic nitrogens is 1. The summed E-state index contributed by atoms with van der Waals surface area (Å²) < 4.78 is 10.3. The number of nitrogens with two attached hydrogens (primary N) is 1. The Kier molecular flexibility index (Phi) is 3.20. The Balaban J connectivity index is 1.88. The molecule has 1 aliphatic carbocycles. The van der Waals surface area contributed by atoms with Crippen molar-refractivity contribution in [2.24, 2.45) is 5.73 Å². The molecule has 1 aromatic carbocycles. The van der Waals surface area contributed by atoms with E-state index in [1.165, 1.54) is 28.4 Å². The zero-order chi connectivity index (χ0) is 15.1. The third-order valence-electron chi connectivity index (χ3n) is 3.67. The van der Waals surface area contributed by atoms with Crippen LogP contribution in [0.5, 0.6) is 10.8 Å². The summed E-state index contributed by atoms with van der Waals surface area (Å²) in [6.07, 6.45) is 3.59. The molecular formula is C16H12N2O2S2. The van der Waals surface area contributed by atoms with Gasteiger partial charge in [0.1, 0.15) is 5.75 Å². The highest BCUT2D eigenvalue weighted by atomic mass is 32.1. The van der Waals surface area contributed by atoms with Crippen LogP contribution in [0.4, 0.5) is 0 Å². The van der Waals surface area contributed by atoms with Gasteiger partial charge in [0.15, 0.2) is 5.06 Å². The van der Waals surface area contributed by atoms with Crippen molar-refractivity contribution < 1.29 is 9.53 Å². The van der Waals surface area contributed by atoms with Gasteiger partial charge in [0, 0.05) is 6.20 Å². The molecule has 0 radical (unpaired) electrons. The second kappa shape index (κ2) is 5.23. The van der Waals surface area contributed by atoms with Crippen molar-refractivity contribution in [3.05, 3.63) is 52.5 Å². The highest BCUT2D eigenvalue weighted by molar-refractivity contribution is 7.17. The summed E-state index contributed by atoms with van der Waals surface area (Å²) in [5.41, 5.74) is 8.75. The van der Waals surface area contributed by atoms with Crippen LogP contribution in [0.1, 0.15) is 20.8 Å². The fraction of sp³-hybridized carbons (Fsp3) is 0.125. The number of para-hydroxylation sites is 1. The molecule has 3 aromatic rings. The molecule has 0 bridgehead atoms. The Morgan fingerprint density at radius 2 is 2.05 bits per heavy atom. The van der Waals surface area contributed by atoms with Gasteiger partial charge in [0.2, 0.25) is 0 Å². The monoisotopic (exact) mass is 328 g/mol. The number of fused-ring (bicyclic) bond motifs is 3. The lowest BCUT2D eigenvalue weighted by molar-refractivity contribution is 0.100. The summed E-state index contributed by atoms with van der Waals surface area (Å²) in [6.45, 7) is 0. The lowest BCUT2D eigenvalue weighted by atomic mass is 9.93. The predicted molar refractivity (Wildman–Crippen MR) is 87.9 cm³/mol. The topological polar surface area (TPSA) is 65.2 Å². The second-order valence-corrected chi connectivity index (χ2v) is 6.82. The van der Waals surface area contributed by atoms with Gasteiger partial charge >= 0.3 is 0 Å². The standard InChI is InChI=1S/C16H12N2O2S2/c17-15(19)14-11-7-6-9-8-18-22-13(9)12(11)16(21-14)20-10-4-2-1-3-5-10/h1-5,8H,6-7H2,(H2,17,19). The van der Waals surface area contributed by atoms with Crippen LogP contribution >= 0.6 is 22.9 Å². The molecule has 0 saturated heterocycles. The number of ether oxygens (including phenoxy) is 1. The molecular weight excluding hydrogens is 316 g/mol. The normalized spacial score (nSPS) is 12.5. The maximum absolute atomic E-state index is 11.8. The van der Waals surface area contributed by atoms with Gasteiger partial charge in [-0.1, -0.05) is 29.5 Å². The maximum Gasteiger partial charge on any atom is 0.259 e. The highest BCUT2D eigenvalue weighted by Gasteiger charge is 2.29. The van der Waals surface area contributed by atoms with Crippen LogP contribution < -0.4 is 10.5 Å². The minimum absolute atomic E-state index is 0.392. The molecule has 0 spiro atoms. The van der Waals surface area contributed by atoms with E-state index in [9.17, 15) is 4.79 Å². The zero-order valence-electron chi connectivity index (χ0n) is 11.5. The first-order valence-corrected chi connectivity index (χ1v) is 8.45. The summed E-state index contributed by atoms with van der Waals surface area (Å²) in [5, 5.41) is 0.722. The average Bonchev–Trinajstić information content (AvgIpc) is 3.12. The Labute approximate surface area is 135 Å². The quantitative estimate of drug-likeness (QED) is 0.794. The molecule has 0 fully saturated rings. The number of amides is 1. The molecule has 2 heterocycles. The molecule has 2 N–H and O–H groups in total. The molecule has 0 unspecified atom stereocenters. The van der Waals surface area contributed by atoms with Gasteiger partial charge in [0.25, 0.3) is 5.91 Å². The molecule has 0 atom stereocenters. The third-order valence-corrected chi connectivity index (χ3v) is 5.65. The fourth-order valence-corrected chi connectivity index (χ4v) is 4.69. The Morgan fingerprint density at radius 1 is 1.23 bits per heavy atom. The van der Waals surface area contributed by atoms with Gasteiger partial charge < -0.3 is 10.5 Å². The molecule has 4 nitrogen and oxygen atoms in total. The van der Waals surface area contributed by atoms with Crippen molar-refractivity contribution in [3.8, 4) is 21.3 Å². The van der Waals surface area contributed by atoms with Gasteiger partial charge in [-0.05, 0) is 47.6 Å². The summed E-state index contributed by atoms with van der Waals surface area (Å²) in [6, 6.07) is 9.57. The van der Waals surface area contributed by atoms with E-state index in [2.05, 4.69) is 4.37 Å². The van der Waals surface area contributed by atoms with Gasteiger partial charge in [-0.2, -0.15) is 0 Å². The van der Waals surface area contributed by atoms with E-state index in [4.69, 9.17) is 10.5 Å². The number of rotatable bonds is 3. The Bertz CT molecular complexity index is 852. The number of primary amides is 1. The number of carbonyl (C=O) groups is 1. The third kappa shape index (κ3) is 2.12. The smallest absolute Gasteiger partial charge is 0.259 e. The van der Waals surface area contributed by atoms with Crippen molar-refractivity contribution in [2.45, 2.75) is 12.8 Å². The Hall–Kier alpha value is -2.18. The van der Waals surface area contributed by atoms with Crippen LogP contribution in [0.15, 0.2) is 36.5 Å². The number of hydrogen-bond donors (Lipinski definition) is 1. The molecule has 1 amide bonds. The number of nitrogens with zero attached hydrogens (tertiary/aromatic N) is 1. The van der Waals surface area contributed by atoms with E-state index < -0.39 is 5.91 Å². The number of hydrogen-bond acceptors (Lipinski definition) is 5. The van der Waals surface area contributed by atoms with Crippen molar-refractivity contribution in [2.75, 3.05) is 0 Å². The first-order chi connectivity index (χ1) is 10.7. The fourth-order valence-electron chi connectivity index (χ4n) is 2.68. The second-order valence-electron chi connectivity index (χ2n) is 5.03. The minimum Gasteiger partial charge on any atom is -0.446 e. The zero-order valence-corrected chi connectivity index (χ0v) is 13.2. The first kappa shape index (κ1) is 13.5. The van der Waals surface area contributed by atoms with Crippen LogP contribution in [0, 0.1) is 0 Å². The van der Waals surface area contributed by atoms with Crippen molar-refractivity contribution >= 4 is 28.8 Å². The van der Waals surface area contributed by atoms with Crippen molar-refractivity contribution in [3.63, 3.8) is 0 Å². The predicted octanol–water partition coefficient (Wildman–Crippen LogP) is 3.86. The molecule has 0 saturated carbocycles. The summed E-state index contributed by atoms with van der Waals surface area (Å²) in [4.78, 5) is 13.4. The maximum atomic E-state index is 11.8. The van der Waals surface area contributed by atoms with Crippen molar-refractivity contribution in [1.29, 1.82) is 0 Å². The van der Waals surface area contributed by atoms with Crippen LogP contribution in [-0.2, 0) is 12.8 Å². The van der Waals surface area contributed by atoms with E-state index in [-0.39, 0.29) is 0 Å². The van der Waals surface area contributed by atoms with Crippen LogP contribution in [-0.4, -0.2) is 10.3 Å². The molecule has 6 heteroatoms. The number of carbonyl (C=O) groups excluding carboxylic acids is 1. The minimum atomic E-state index is -0.392. The molecule has 22 heavy (non-hydrogen) atoms. The van der Waals surface area contributed by atoms with Gasteiger partial charge in [-0.25, -0.2) is 4.37 Å². The van der Waals surface area contributed by atoms with Gasteiger partial charge in [-0.15, -0.1) is 0 Å². The molecule has 0 aliphatic heterocycles. The molecule has 4 rings (SSSR count). The van der Waals surface area contributed by atoms with E-state index in [1.807, 2.05) is 36.5 Å². The summed E-state index contributed by atoms with van der Waals surface area (Å²) in [5.74, 6) is 0.358. The lowest BCUT2D eigenvalue weighted by Gasteiger charge is -2.13. The molecule has 110 valence electrons. The van der Waals surface area contributed by atoms with Gasteiger partial charge in [-0.3, -0.25) is 4.79 Å². The summed E-state index contributed by atoms with van der Waals surface area (Å²) >= 11 is 2.77. The van der Waals surface area contributed by atoms with Crippen LogP contribution in [0.3, 0.4) is 0 Å². The number of aryl methyl sites for hydroxylation is 1. The SMILES string of the molecule is NC(=O)c1sc(Oc2ccccc2)c2c1CCc1cnsc1-2. The number of benzene rings is 1. The largest absolute Gasteiger partial charge is 0.446 e. The highest BCUT2D eigenvalue weighted by Crippen LogP contribution is 2.49. The van der Waals surface area contributed by atoms with Crippen LogP contribution in [0.2, 0.25) is 0 Å². The van der Waals surface area contributed by atoms with E-state index in [0.717, 1.165) is 39.7 Å². The van der Waals surface area contributed by atoms with Crippen LogP contribution in [0.25, 0.3) is 10.4 Å². The lowest BCUT2D eigenvalue weighted by Crippen LogP contribution is -2.12. The van der Waals surface area contributed by atoms with E-state index in [1.54, 1.807) is 0 Å². The van der Waals surface area contributed by atoms with E-state index in [0.29, 0.717) is 4.88 Å². The Morgan fingerprint density at radius 3 is 2.82 bits per heavy atom. The molecule has 2 aromatic heterocycles. The number of thiophene rings is 1.